The van der Waals surface area contributed by atoms with Gasteiger partial charge in [-0.05, 0) is 36.1 Å². The highest BCUT2D eigenvalue weighted by Crippen LogP contribution is 2.30. The van der Waals surface area contributed by atoms with Crippen molar-refractivity contribution in [1.29, 1.82) is 0 Å². The molecule has 0 bridgehead atoms. The van der Waals surface area contributed by atoms with E-state index in [1.807, 2.05) is 48.5 Å². The summed E-state index contributed by atoms with van der Waals surface area (Å²) in [5, 5.41) is 12.9. The van der Waals surface area contributed by atoms with Gasteiger partial charge in [0.2, 0.25) is 0 Å². The number of amides is 2. The van der Waals surface area contributed by atoms with Crippen molar-refractivity contribution < 1.29 is 9.90 Å². The Bertz CT molecular complexity index is 706. The highest BCUT2D eigenvalue weighted by Gasteiger charge is 2.25. The van der Waals surface area contributed by atoms with E-state index in [0.29, 0.717) is 24.5 Å². The van der Waals surface area contributed by atoms with E-state index in [0.717, 1.165) is 23.2 Å². The Morgan fingerprint density at radius 2 is 2.04 bits per heavy atom. The fourth-order valence-electron chi connectivity index (χ4n) is 3.14. The Balaban J connectivity index is 1.66. The van der Waals surface area contributed by atoms with E-state index in [4.69, 9.17) is 11.6 Å². The normalized spacial score (nSPS) is 14.3. The van der Waals surface area contributed by atoms with Crippen molar-refractivity contribution in [3.8, 4) is 0 Å². The molecule has 3 rings (SSSR count). The number of nitrogens with zero attached hydrogens (tertiary/aromatic N) is 1. The largest absolute Gasteiger partial charge is 0.396 e. The van der Waals surface area contributed by atoms with Crippen molar-refractivity contribution in [3.05, 3.63) is 64.7 Å². The number of halogens is 1. The van der Waals surface area contributed by atoms with Gasteiger partial charge in [-0.3, -0.25) is 4.90 Å². The van der Waals surface area contributed by atoms with E-state index in [2.05, 4.69) is 5.32 Å². The molecule has 0 aromatic heterocycles. The van der Waals surface area contributed by atoms with Crippen LogP contribution in [0.2, 0.25) is 5.02 Å². The van der Waals surface area contributed by atoms with E-state index >= 15 is 0 Å². The van der Waals surface area contributed by atoms with Gasteiger partial charge in [-0.25, -0.2) is 4.79 Å². The fourth-order valence-corrected chi connectivity index (χ4v) is 3.30. The van der Waals surface area contributed by atoms with Crippen LogP contribution in [0.5, 0.6) is 0 Å². The van der Waals surface area contributed by atoms with Crippen molar-refractivity contribution in [3.63, 3.8) is 0 Å². The number of urea groups is 1. The van der Waals surface area contributed by atoms with E-state index in [9.17, 15) is 9.90 Å². The van der Waals surface area contributed by atoms with Gasteiger partial charge < -0.3 is 10.4 Å². The number of aliphatic hydroxyl groups is 1. The van der Waals surface area contributed by atoms with Gasteiger partial charge >= 0.3 is 6.03 Å². The van der Waals surface area contributed by atoms with Gasteiger partial charge in [0.1, 0.15) is 0 Å². The maximum atomic E-state index is 12.6. The molecule has 1 heterocycles. The number of benzene rings is 2. The lowest BCUT2D eigenvalue weighted by Gasteiger charge is -2.22. The number of nitrogens with one attached hydrogen (secondary N) is 1. The average Bonchev–Trinajstić information content (AvgIpc) is 3.02. The van der Waals surface area contributed by atoms with Crippen LogP contribution >= 0.6 is 11.6 Å². The summed E-state index contributed by atoms with van der Waals surface area (Å²) < 4.78 is 0. The van der Waals surface area contributed by atoms with Crippen molar-refractivity contribution in [2.75, 3.05) is 24.6 Å². The first-order valence-electron chi connectivity index (χ1n) is 8.18. The third kappa shape index (κ3) is 3.71. The number of anilines is 1. The summed E-state index contributed by atoms with van der Waals surface area (Å²) in [5.74, 6) is 0.0987. The summed E-state index contributed by atoms with van der Waals surface area (Å²) in [4.78, 5) is 14.3. The maximum absolute atomic E-state index is 12.6. The van der Waals surface area contributed by atoms with Gasteiger partial charge in [-0.2, -0.15) is 0 Å². The molecule has 0 radical (unpaired) electrons. The zero-order chi connectivity index (χ0) is 16.9. The molecule has 2 aromatic rings. The second kappa shape index (κ2) is 7.69. The molecule has 4 nitrogen and oxygen atoms in total. The maximum Gasteiger partial charge on any atom is 0.321 e. The molecule has 1 atom stereocenters. The minimum absolute atomic E-state index is 0.0948. The molecule has 1 unspecified atom stereocenters. The predicted molar refractivity (Wildman–Crippen MR) is 96.8 cm³/mol. The Hall–Kier alpha value is -2.04. The second-order valence-electron chi connectivity index (χ2n) is 5.98. The van der Waals surface area contributed by atoms with Crippen molar-refractivity contribution in [1.82, 2.24) is 5.32 Å². The van der Waals surface area contributed by atoms with Crippen LogP contribution in [0.25, 0.3) is 0 Å². The van der Waals surface area contributed by atoms with E-state index < -0.39 is 0 Å². The van der Waals surface area contributed by atoms with Gasteiger partial charge in [0.15, 0.2) is 0 Å². The minimum Gasteiger partial charge on any atom is -0.396 e. The van der Waals surface area contributed by atoms with Crippen LogP contribution in [0.15, 0.2) is 48.5 Å². The highest BCUT2D eigenvalue weighted by molar-refractivity contribution is 6.31. The molecule has 126 valence electrons. The molecule has 0 fully saturated rings. The third-order valence-electron chi connectivity index (χ3n) is 4.44. The highest BCUT2D eigenvalue weighted by atomic mass is 35.5. The summed E-state index contributed by atoms with van der Waals surface area (Å²) in [6, 6.07) is 15.5. The lowest BCUT2D eigenvalue weighted by molar-refractivity contribution is 0.243. The molecule has 2 aromatic carbocycles. The molecule has 5 heteroatoms. The topological polar surface area (TPSA) is 52.6 Å². The number of rotatable bonds is 5. The molecule has 1 aliphatic heterocycles. The van der Waals surface area contributed by atoms with Gasteiger partial charge in [0, 0.05) is 30.6 Å². The number of carbonyl (C=O) groups is 1. The average molecular weight is 345 g/mol. The number of hydrogen-bond acceptors (Lipinski definition) is 2. The first-order chi connectivity index (χ1) is 11.7. The quantitative estimate of drug-likeness (QED) is 0.871. The van der Waals surface area contributed by atoms with Crippen molar-refractivity contribution in [2.45, 2.75) is 18.8 Å². The molecular formula is C19H21ClN2O2. The third-order valence-corrected chi connectivity index (χ3v) is 4.67. The molecule has 2 N–H and O–H groups in total. The molecular weight excluding hydrogens is 324 g/mol. The zero-order valence-electron chi connectivity index (χ0n) is 13.4. The lowest BCUT2D eigenvalue weighted by atomic mass is 9.96. The standard InChI is InChI=1S/C19H21ClN2O2/c20-17-7-6-15-8-10-22(18(15)12-17)19(24)21-13-16(9-11-23)14-4-2-1-3-5-14/h1-7,12,16,23H,8-11,13H2,(H,21,24). The predicted octanol–water partition coefficient (Wildman–Crippen LogP) is 3.58. The van der Waals surface area contributed by atoms with E-state index in [-0.39, 0.29) is 18.6 Å². The lowest BCUT2D eigenvalue weighted by Crippen LogP contribution is -2.40. The Morgan fingerprint density at radius 1 is 1.25 bits per heavy atom. The summed E-state index contributed by atoms with van der Waals surface area (Å²) in [7, 11) is 0. The number of carbonyl (C=O) groups excluding carboxylic acids is 1. The molecule has 2 amide bonds. The monoisotopic (exact) mass is 344 g/mol. The van der Waals surface area contributed by atoms with Crippen molar-refractivity contribution in [2.24, 2.45) is 0 Å². The zero-order valence-corrected chi connectivity index (χ0v) is 14.2. The molecule has 1 aliphatic rings. The van der Waals surface area contributed by atoms with Gasteiger partial charge in [-0.1, -0.05) is 48.0 Å². The van der Waals surface area contributed by atoms with Crippen LogP contribution < -0.4 is 10.2 Å². The van der Waals surface area contributed by atoms with Crippen LogP contribution in [0.4, 0.5) is 10.5 Å². The number of hydrogen-bond donors (Lipinski definition) is 2. The van der Waals surface area contributed by atoms with E-state index in [1.165, 1.54) is 0 Å². The Labute approximate surface area is 147 Å². The van der Waals surface area contributed by atoms with Crippen molar-refractivity contribution >= 4 is 23.3 Å². The van der Waals surface area contributed by atoms with Crippen LogP contribution in [-0.4, -0.2) is 30.8 Å². The minimum atomic E-state index is -0.116. The molecule has 0 aliphatic carbocycles. The Morgan fingerprint density at radius 3 is 2.79 bits per heavy atom. The van der Waals surface area contributed by atoms with Crippen LogP contribution in [-0.2, 0) is 6.42 Å². The summed E-state index contributed by atoms with van der Waals surface area (Å²) in [6.07, 6.45) is 1.46. The molecule has 0 spiro atoms. The van der Waals surface area contributed by atoms with Gasteiger partial charge in [-0.15, -0.1) is 0 Å². The fraction of sp³-hybridized carbons (Fsp3) is 0.316. The van der Waals surface area contributed by atoms with Crippen LogP contribution in [0, 0.1) is 0 Å². The SMILES string of the molecule is O=C(NCC(CCO)c1ccccc1)N1CCc2ccc(Cl)cc21. The molecule has 0 saturated heterocycles. The van der Waals surface area contributed by atoms with Gasteiger partial charge in [0.25, 0.3) is 0 Å². The first-order valence-corrected chi connectivity index (χ1v) is 8.56. The molecule has 24 heavy (non-hydrogen) atoms. The summed E-state index contributed by atoms with van der Waals surface area (Å²) in [6.45, 7) is 1.25. The smallest absolute Gasteiger partial charge is 0.321 e. The summed E-state index contributed by atoms with van der Waals surface area (Å²) >= 11 is 6.06. The second-order valence-corrected chi connectivity index (χ2v) is 6.42. The number of aliphatic hydroxyl groups excluding tert-OH is 1. The molecule has 0 saturated carbocycles. The van der Waals surface area contributed by atoms with Crippen LogP contribution in [0.3, 0.4) is 0 Å². The first kappa shape index (κ1) is 16.8. The number of fused-ring (bicyclic) bond motifs is 1. The Kier molecular flexibility index (Phi) is 5.38. The van der Waals surface area contributed by atoms with Crippen LogP contribution in [0.1, 0.15) is 23.5 Å². The summed E-state index contributed by atoms with van der Waals surface area (Å²) in [5.41, 5.74) is 3.15. The van der Waals surface area contributed by atoms with Gasteiger partial charge in [0.05, 0.1) is 5.69 Å². The van der Waals surface area contributed by atoms with E-state index in [1.54, 1.807) is 4.90 Å².